The van der Waals surface area contributed by atoms with Crippen molar-refractivity contribution >= 4 is 29.6 Å². The predicted octanol–water partition coefficient (Wildman–Crippen LogP) is 4.11. The first kappa shape index (κ1) is 25.5. The fraction of sp³-hybridized carbons (Fsp3) is 0.308. The van der Waals surface area contributed by atoms with Gasteiger partial charge in [-0.2, -0.15) is 0 Å². The molecule has 37 heavy (non-hydrogen) atoms. The van der Waals surface area contributed by atoms with Gasteiger partial charge in [-0.15, -0.1) is 0 Å². The van der Waals surface area contributed by atoms with Gasteiger partial charge in [-0.3, -0.25) is 4.79 Å². The highest BCUT2D eigenvalue weighted by molar-refractivity contribution is 6.21. The van der Waals surface area contributed by atoms with E-state index in [1.54, 1.807) is 26.8 Å². The van der Waals surface area contributed by atoms with E-state index < -0.39 is 48.2 Å². The Labute approximate surface area is 211 Å². The van der Waals surface area contributed by atoms with Gasteiger partial charge in [0, 0.05) is 6.07 Å². The van der Waals surface area contributed by atoms with E-state index in [0.29, 0.717) is 5.75 Å². The number of methoxy groups -OCH3 is 1. The van der Waals surface area contributed by atoms with E-state index in [1.165, 1.54) is 56.0 Å². The molecule has 3 heterocycles. The quantitative estimate of drug-likeness (QED) is 0.337. The molecule has 0 aliphatic carbocycles. The molecular weight excluding hydrogens is 486 g/mol. The standard InChI is InChI=1S/C26H25NO10/c1-25(2,3)37-24(31)27-18-13-16(32-4)9-10-17(18)26(23(27)30,14-35-21(28)19-7-5-11-33-19)15-36-22(29)20-8-6-12-34-20/h5-13H,14-15H2,1-4H3. The molecule has 0 unspecified atom stereocenters. The van der Waals surface area contributed by atoms with Gasteiger partial charge in [0.15, 0.2) is 0 Å². The predicted molar refractivity (Wildman–Crippen MR) is 126 cm³/mol. The van der Waals surface area contributed by atoms with Gasteiger partial charge in [0.05, 0.1) is 25.3 Å². The molecule has 0 spiro atoms. The molecular formula is C26H25NO10. The Bertz CT molecular complexity index is 1250. The van der Waals surface area contributed by atoms with Gasteiger partial charge in [-0.25, -0.2) is 19.3 Å². The van der Waals surface area contributed by atoms with Crippen molar-refractivity contribution in [1.29, 1.82) is 0 Å². The van der Waals surface area contributed by atoms with Crippen molar-refractivity contribution in [2.24, 2.45) is 0 Å². The molecule has 0 fully saturated rings. The van der Waals surface area contributed by atoms with Crippen LogP contribution in [0, 0.1) is 0 Å². The summed E-state index contributed by atoms with van der Waals surface area (Å²) in [5.74, 6) is -2.33. The van der Waals surface area contributed by atoms with Crippen LogP contribution >= 0.6 is 0 Å². The largest absolute Gasteiger partial charge is 0.497 e. The van der Waals surface area contributed by atoms with Crippen molar-refractivity contribution in [3.8, 4) is 5.75 Å². The number of furan rings is 2. The minimum absolute atomic E-state index is 0.0906. The number of benzene rings is 1. The molecule has 11 nitrogen and oxygen atoms in total. The second-order valence-corrected chi connectivity index (χ2v) is 9.19. The molecule has 0 radical (unpaired) electrons. The van der Waals surface area contributed by atoms with Crippen molar-refractivity contribution in [2.75, 3.05) is 25.2 Å². The Morgan fingerprint density at radius 3 is 1.95 bits per heavy atom. The first-order valence-corrected chi connectivity index (χ1v) is 11.2. The highest BCUT2D eigenvalue weighted by atomic mass is 16.6. The maximum absolute atomic E-state index is 14.0. The molecule has 0 bridgehead atoms. The van der Waals surface area contributed by atoms with Crippen LogP contribution in [-0.4, -0.2) is 49.9 Å². The maximum Gasteiger partial charge on any atom is 0.421 e. The maximum atomic E-state index is 14.0. The summed E-state index contributed by atoms with van der Waals surface area (Å²) in [4.78, 5) is 53.1. The number of fused-ring (bicyclic) bond motifs is 1. The minimum Gasteiger partial charge on any atom is -0.497 e. The number of hydrogen-bond acceptors (Lipinski definition) is 10. The molecule has 2 amide bonds. The third-order valence-electron chi connectivity index (χ3n) is 5.49. The van der Waals surface area contributed by atoms with Crippen molar-refractivity contribution in [3.05, 3.63) is 72.1 Å². The molecule has 2 aromatic heterocycles. The lowest BCUT2D eigenvalue weighted by Gasteiger charge is -2.28. The van der Waals surface area contributed by atoms with Crippen molar-refractivity contribution < 1.29 is 47.0 Å². The topological polar surface area (TPSA) is 135 Å². The summed E-state index contributed by atoms with van der Waals surface area (Å²) < 4.78 is 31.8. The number of carbonyl (C=O) groups is 4. The lowest BCUT2D eigenvalue weighted by atomic mass is 9.83. The third kappa shape index (κ3) is 5.06. The van der Waals surface area contributed by atoms with Gasteiger partial charge in [0.25, 0.3) is 5.91 Å². The van der Waals surface area contributed by atoms with Crippen molar-refractivity contribution in [2.45, 2.75) is 31.8 Å². The van der Waals surface area contributed by atoms with Crippen molar-refractivity contribution in [3.63, 3.8) is 0 Å². The van der Waals surface area contributed by atoms with Gasteiger partial charge in [-0.05, 0) is 56.7 Å². The van der Waals surface area contributed by atoms with Crippen LogP contribution in [0.25, 0.3) is 0 Å². The van der Waals surface area contributed by atoms with Crippen LogP contribution < -0.4 is 9.64 Å². The van der Waals surface area contributed by atoms with Gasteiger partial charge in [-0.1, -0.05) is 6.07 Å². The summed E-state index contributed by atoms with van der Waals surface area (Å²) in [6.45, 7) is 3.81. The third-order valence-corrected chi connectivity index (χ3v) is 5.49. The zero-order valence-electron chi connectivity index (χ0n) is 20.6. The number of amides is 2. The van der Waals surface area contributed by atoms with Gasteiger partial charge >= 0.3 is 18.0 Å². The monoisotopic (exact) mass is 511 g/mol. The van der Waals surface area contributed by atoms with Crippen molar-refractivity contribution in [1.82, 2.24) is 0 Å². The smallest absolute Gasteiger partial charge is 0.421 e. The number of nitrogens with zero attached hydrogens (tertiary/aromatic N) is 1. The molecule has 4 rings (SSSR count). The number of rotatable bonds is 7. The molecule has 0 atom stereocenters. The Balaban J connectivity index is 1.75. The van der Waals surface area contributed by atoms with E-state index in [0.717, 1.165) is 4.90 Å². The molecule has 0 saturated carbocycles. The summed E-state index contributed by atoms with van der Waals surface area (Å²) in [5, 5.41) is 0. The van der Waals surface area contributed by atoms with E-state index in [4.69, 9.17) is 27.8 Å². The van der Waals surface area contributed by atoms with Crippen LogP contribution in [0.2, 0.25) is 0 Å². The number of imide groups is 1. The van der Waals surface area contributed by atoms with Gasteiger partial charge in [0.2, 0.25) is 11.5 Å². The summed E-state index contributed by atoms with van der Waals surface area (Å²) in [6, 6.07) is 10.4. The molecule has 1 aliphatic heterocycles. The van der Waals surface area contributed by atoms with E-state index in [2.05, 4.69) is 0 Å². The van der Waals surface area contributed by atoms with E-state index in [9.17, 15) is 19.2 Å². The fourth-order valence-electron chi connectivity index (χ4n) is 3.79. The number of carbonyl (C=O) groups excluding carboxylic acids is 4. The van der Waals surface area contributed by atoms with Crippen LogP contribution in [0.5, 0.6) is 5.75 Å². The number of hydrogen-bond donors (Lipinski definition) is 0. The number of ether oxygens (including phenoxy) is 4. The zero-order chi connectivity index (χ0) is 26.8. The summed E-state index contributed by atoms with van der Waals surface area (Å²) >= 11 is 0. The first-order chi connectivity index (χ1) is 17.6. The van der Waals surface area contributed by atoms with Crippen LogP contribution in [0.4, 0.5) is 10.5 Å². The number of anilines is 1. The Hall–Kier alpha value is -4.54. The van der Waals surface area contributed by atoms with E-state index in [1.807, 2.05) is 0 Å². The summed E-state index contributed by atoms with van der Waals surface area (Å²) in [6.07, 6.45) is 1.64. The highest BCUT2D eigenvalue weighted by Gasteiger charge is 2.56. The summed E-state index contributed by atoms with van der Waals surface area (Å²) in [5.41, 5.74) is -2.30. The molecule has 3 aromatic rings. The Morgan fingerprint density at radius 1 is 0.919 bits per heavy atom. The molecule has 1 aromatic carbocycles. The Morgan fingerprint density at radius 2 is 1.49 bits per heavy atom. The average molecular weight is 511 g/mol. The van der Waals surface area contributed by atoms with Crippen LogP contribution in [-0.2, 0) is 24.4 Å². The fourth-order valence-corrected chi connectivity index (χ4v) is 3.79. The average Bonchev–Trinajstić information content (AvgIpc) is 3.61. The number of esters is 2. The van der Waals surface area contributed by atoms with Gasteiger partial charge < -0.3 is 27.8 Å². The van der Waals surface area contributed by atoms with E-state index >= 15 is 0 Å². The molecule has 194 valence electrons. The molecule has 0 saturated heterocycles. The first-order valence-electron chi connectivity index (χ1n) is 11.2. The highest BCUT2D eigenvalue weighted by Crippen LogP contribution is 2.45. The SMILES string of the molecule is COc1ccc2c(c1)N(C(=O)OC(C)(C)C)C(=O)C2(COC(=O)c1ccco1)COC(=O)c1ccco1. The Kier molecular flexibility index (Phi) is 6.80. The second kappa shape index (κ2) is 9.84. The normalized spacial score (nSPS) is 14.2. The zero-order valence-corrected chi connectivity index (χ0v) is 20.6. The van der Waals surface area contributed by atoms with Crippen LogP contribution in [0.1, 0.15) is 47.4 Å². The lowest BCUT2D eigenvalue weighted by molar-refractivity contribution is -0.126. The minimum atomic E-state index is -1.79. The van der Waals surface area contributed by atoms with Crippen LogP contribution in [0.15, 0.2) is 63.8 Å². The lowest BCUT2D eigenvalue weighted by Crippen LogP contribution is -2.50. The van der Waals surface area contributed by atoms with E-state index in [-0.39, 0.29) is 22.8 Å². The molecule has 1 aliphatic rings. The summed E-state index contributed by atoms with van der Waals surface area (Å²) in [7, 11) is 1.43. The second-order valence-electron chi connectivity index (χ2n) is 9.19. The molecule has 0 N–H and O–H groups in total. The van der Waals surface area contributed by atoms with Gasteiger partial charge in [0.1, 0.15) is 30.0 Å². The van der Waals surface area contributed by atoms with Crippen LogP contribution in [0.3, 0.4) is 0 Å². The molecule has 11 heteroatoms.